The fourth-order valence-corrected chi connectivity index (χ4v) is 4.64. The predicted octanol–water partition coefficient (Wildman–Crippen LogP) is 4.88. The first-order valence-electron chi connectivity index (χ1n) is 11.7. The maximum Gasteiger partial charge on any atom is 0.327 e. The Morgan fingerprint density at radius 1 is 0.941 bits per heavy atom. The molecule has 10 heteroatoms. The summed E-state index contributed by atoms with van der Waals surface area (Å²) in [4.78, 5) is 26.3. The van der Waals surface area contributed by atoms with E-state index in [2.05, 4.69) is 39.3 Å². The molecule has 0 bridgehead atoms. The van der Waals surface area contributed by atoms with Gasteiger partial charge in [-0.3, -0.25) is 4.79 Å². The summed E-state index contributed by atoms with van der Waals surface area (Å²) in [6.45, 7) is 14.7. The lowest BCUT2D eigenvalue weighted by atomic mass is 10.1. The molecule has 0 saturated heterocycles. The molecule has 0 unspecified atom stereocenters. The molecule has 1 aromatic rings. The summed E-state index contributed by atoms with van der Waals surface area (Å²) in [7, 11) is -2.46. The van der Waals surface area contributed by atoms with Crippen molar-refractivity contribution in [3.63, 3.8) is 0 Å². The number of carbonyl (C=O) groups excluding carboxylic acids is 1. The third kappa shape index (κ3) is 9.24. The number of rotatable bonds is 14. The number of ether oxygens (including phenoxy) is 4. The molecule has 8 nitrogen and oxygen atoms in total. The van der Waals surface area contributed by atoms with Crippen LogP contribution in [0.2, 0.25) is 51.4 Å². The Hall–Kier alpha value is -2.15. The number of amides is 1. The van der Waals surface area contributed by atoms with Crippen LogP contribution >= 0.6 is 0 Å². The Bertz CT molecular complexity index is 820. The van der Waals surface area contributed by atoms with Gasteiger partial charge in [0.2, 0.25) is 0 Å². The van der Waals surface area contributed by atoms with Gasteiger partial charge in [0.05, 0.1) is 0 Å². The number of hydrogen-bond acceptors (Lipinski definition) is 6. The van der Waals surface area contributed by atoms with Crippen molar-refractivity contribution < 1.29 is 33.6 Å². The van der Waals surface area contributed by atoms with Crippen molar-refractivity contribution in [2.24, 2.45) is 0 Å². The van der Waals surface area contributed by atoms with Crippen LogP contribution in [-0.4, -0.2) is 70.9 Å². The normalized spacial score (nSPS) is 16.1. The summed E-state index contributed by atoms with van der Waals surface area (Å²) in [5.74, 6) is -1.01. The monoisotopic (exact) mass is 509 g/mol. The van der Waals surface area contributed by atoms with E-state index in [4.69, 9.17) is 18.9 Å². The summed E-state index contributed by atoms with van der Waals surface area (Å²) in [6.07, 6.45) is 3.41. The van der Waals surface area contributed by atoms with Gasteiger partial charge in [-0.25, -0.2) is 4.79 Å². The zero-order valence-corrected chi connectivity index (χ0v) is 23.3. The van der Waals surface area contributed by atoms with Crippen molar-refractivity contribution >= 4 is 28.0 Å². The lowest BCUT2D eigenvalue weighted by molar-refractivity contribution is -0.141. The third-order valence-corrected chi connectivity index (χ3v) is 8.68. The number of carboxylic acid groups (broad SMARTS) is 1. The second-order valence-corrected chi connectivity index (χ2v) is 22.0. The molecular weight excluding hydrogens is 470 g/mol. The van der Waals surface area contributed by atoms with Crippen molar-refractivity contribution in [2.75, 3.05) is 26.8 Å². The molecule has 1 N–H and O–H groups in total. The molecule has 190 valence electrons. The minimum absolute atomic E-state index is 0.0148. The number of carboxylic acids is 1. The summed E-state index contributed by atoms with van der Waals surface area (Å²) >= 11 is 0. The van der Waals surface area contributed by atoms with E-state index in [0.717, 1.165) is 12.1 Å². The van der Waals surface area contributed by atoms with Gasteiger partial charge in [-0.2, -0.15) is 0 Å². The first-order chi connectivity index (χ1) is 15.9. The average molecular weight is 510 g/mol. The van der Waals surface area contributed by atoms with Gasteiger partial charge in [0.15, 0.2) is 13.6 Å². The third-order valence-electron chi connectivity index (χ3n) is 5.27. The highest BCUT2D eigenvalue weighted by atomic mass is 28.3. The number of nitrogens with zero attached hydrogens (tertiary/aromatic N) is 1. The first kappa shape index (κ1) is 28.1. The lowest BCUT2D eigenvalue weighted by Gasteiger charge is -2.23. The van der Waals surface area contributed by atoms with E-state index in [0.29, 0.717) is 13.2 Å². The number of hydrogen-bond donors (Lipinski definition) is 1. The van der Waals surface area contributed by atoms with Crippen LogP contribution < -0.4 is 9.47 Å². The SMILES string of the molecule is C[Si](C)(C)CCOCOc1cccc(OCOCC[Si](C)(C)C)c1C(=O)N1C=CC[C@H]1C(=O)O. The second-order valence-electron chi connectivity index (χ2n) is 10.8. The molecule has 1 heterocycles. The molecule has 0 spiro atoms. The van der Waals surface area contributed by atoms with Crippen LogP contribution in [0.5, 0.6) is 11.5 Å². The van der Waals surface area contributed by atoms with Crippen molar-refractivity contribution in [3.8, 4) is 11.5 Å². The van der Waals surface area contributed by atoms with Gasteiger partial charge in [0, 0.05) is 35.6 Å². The molecular formula is C24H39NO7Si2. The van der Waals surface area contributed by atoms with Crippen LogP contribution in [-0.2, 0) is 14.3 Å². The number of aliphatic carboxylic acids is 1. The van der Waals surface area contributed by atoms with Crippen molar-refractivity contribution in [3.05, 3.63) is 36.0 Å². The summed E-state index contributed by atoms with van der Waals surface area (Å²) in [6, 6.07) is 6.07. The second kappa shape index (κ2) is 12.5. The predicted molar refractivity (Wildman–Crippen MR) is 137 cm³/mol. The fraction of sp³-hybridized carbons (Fsp3) is 0.583. The first-order valence-corrected chi connectivity index (χ1v) is 19.1. The highest BCUT2D eigenvalue weighted by molar-refractivity contribution is 6.76. The van der Waals surface area contributed by atoms with Crippen LogP contribution in [0.3, 0.4) is 0 Å². The summed E-state index contributed by atoms with van der Waals surface area (Å²) in [5.41, 5.74) is 0.155. The topological polar surface area (TPSA) is 94.5 Å². The quantitative estimate of drug-likeness (QED) is 0.217. The number of benzene rings is 1. The minimum Gasteiger partial charge on any atom is -0.480 e. The zero-order chi connectivity index (χ0) is 25.4. The van der Waals surface area contributed by atoms with Gasteiger partial charge >= 0.3 is 5.97 Å². The van der Waals surface area contributed by atoms with E-state index in [1.807, 2.05) is 0 Å². The van der Waals surface area contributed by atoms with Gasteiger partial charge < -0.3 is 29.0 Å². The minimum atomic E-state index is -1.23. The van der Waals surface area contributed by atoms with Crippen molar-refractivity contribution in [1.82, 2.24) is 4.90 Å². The maximum atomic E-state index is 13.4. The van der Waals surface area contributed by atoms with Gasteiger partial charge in [-0.15, -0.1) is 0 Å². The van der Waals surface area contributed by atoms with Crippen LogP contribution in [0.25, 0.3) is 0 Å². The Morgan fingerprint density at radius 2 is 1.44 bits per heavy atom. The van der Waals surface area contributed by atoms with E-state index < -0.39 is 34.1 Å². The average Bonchev–Trinajstić information content (AvgIpc) is 3.21. The molecule has 0 saturated carbocycles. The molecule has 2 rings (SSSR count). The van der Waals surface area contributed by atoms with Crippen LogP contribution in [0.4, 0.5) is 0 Å². The molecule has 0 radical (unpaired) electrons. The van der Waals surface area contributed by atoms with Gasteiger partial charge in [0.1, 0.15) is 23.1 Å². The van der Waals surface area contributed by atoms with E-state index in [-0.39, 0.29) is 37.1 Å². The molecule has 0 aromatic heterocycles. The van der Waals surface area contributed by atoms with E-state index in [1.165, 1.54) is 11.1 Å². The van der Waals surface area contributed by atoms with Crippen molar-refractivity contribution in [1.29, 1.82) is 0 Å². The highest BCUT2D eigenvalue weighted by Gasteiger charge is 2.34. The Kier molecular flexibility index (Phi) is 10.4. The smallest absolute Gasteiger partial charge is 0.327 e. The molecule has 1 aromatic carbocycles. The zero-order valence-electron chi connectivity index (χ0n) is 21.3. The molecule has 0 fully saturated rings. The van der Waals surface area contributed by atoms with E-state index in [9.17, 15) is 14.7 Å². The number of carbonyl (C=O) groups is 2. The highest BCUT2D eigenvalue weighted by Crippen LogP contribution is 2.32. The van der Waals surface area contributed by atoms with Gasteiger partial charge in [-0.1, -0.05) is 51.4 Å². The summed E-state index contributed by atoms with van der Waals surface area (Å²) in [5, 5.41) is 9.52. The molecule has 1 aliphatic heterocycles. The lowest BCUT2D eigenvalue weighted by Crippen LogP contribution is -2.38. The van der Waals surface area contributed by atoms with E-state index in [1.54, 1.807) is 24.3 Å². The van der Waals surface area contributed by atoms with Gasteiger partial charge in [0.25, 0.3) is 5.91 Å². The van der Waals surface area contributed by atoms with Crippen LogP contribution in [0.15, 0.2) is 30.5 Å². The molecule has 1 aliphatic rings. The van der Waals surface area contributed by atoms with Crippen molar-refractivity contribution in [2.45, 2.75) is 63.8 Å². The standard InChI is InChI=1S/C24H39NO7Si2/c1-33(2,3)15-13-29-17-31-20-10-7-11-21(32-18-30-14-16-34(4,5)6)22(20)23(26)25-12-8-9-19(25)24(27)28/h7-8,10-12,19H,9,13-18H2,1-6H3,(H,27,28)/t19-/m0/s1. The Balaban J connectivity index is 2.15. The molecule has 1 atom stereocenters. The Labute approximate surface area is 204 Å². The largest absolute Gasteiger partial charge is 0.480 e. The molecule has 0 aliphatic carbocycles. The van der Waals surface area contributed by atoms with Gasteiger partial charge in [-0.05, 0) is 30.6 Å². The van der Waals surface area contributed by atoms with E-state index >= 15 is 0 Å². The molecule has 1 amide bonds. The maximum absolute atomic E-state index is 13.4. The van der Waals surface area contributed by atoms with Crippen LogP contribution in [0.1, 0.15) is 16.8 Å². The summed E-state index contributed by atoms with van der Waals surface area (Å²) < 4.78 is 22.9. The molecule has 34 heavy (non-hydrogen) atoms. The Morgan fingerprint density at radius 3 is 1.88 bits per heavy atom. The fourth-order valence-electron chi connectivity index (χ4n) is 3.13. The van der Waals surface area contributed by atoms with Crippen LogP contribution in [0, 0.1) is 0 Å².